The lowest BCUT2D eigenvalue weighted by molar-refractivity contribution is 0.0502. The van der Waals surface area contributed by atoms with Crippen LogP contribution in [0.5, 0.6) is 0 Å². The monoisotopic (exact) mass is 313 g/mol. The van der Waals surface area contributed by atoms with Crippen LogP contribution < -0.4 is 5.32 Å². The van der Waals surface area contributed by atoms with E-state index in [2.05, 4.69) is 34.8 Å². The third-order valence-electron chi connectivity index (χ3n) is 1.67. The van der Waals surface area contributed by atoms with E-state index in [1.54, 1.807) is 0 Å². The molecule has 0 aromatic rings. The van der Waals surface area contributed by atoms with Gasteiger partial charge in [0.1, 0.15) is 5.60 Å². The maximum absolute atomic E-state index is 11.4. The van der Waals surface area contributed by atoms with Crippen molar-refractivity contribution in [3.05, 3.63) is 0 Å². The molecule has 0 aliphatic heterocycles. The number of halogens is 1. The largest absolute Gasteiger partial charge is 0.444 e. The third-order valence-corrected chi connectivity index (χ3v) is 2.29. The van der Waals surface area contributed by atoms with Crippen molar-refractivity contribution >= 4 is 28.7 Å². The van der Waals surface area contributed by atoms with Gasteiger partial charge in [-0.25, -0.2) is 4.79 Å². The van der Waals surface area contributed by atoms with E-state index >= 15 is 0 Å². The van der Waals surface area contributed by atoms with Gasteiger partial charge in [0.15, 0.2) is 0 Å². The van der Waals surface area contributed by atoms with Crippen LogP contribution in [0.15, 0.2) is 0 Å². The number of nitrogens with one attached hydrogen (secondary N) is 1. The molecule has 0 saturated heterocycles. The first-order chi connectivity index (χ1) is 6.39. The van der Waals surface area contributed by atoms with Crippen LogP contribution in [-0.4, -0.2) is 22.2 Å². The van der Waals surface area contributed by atoms with Gasteiger partial charge in [0.25, 0.3) is 0 Å². The highest BCUT2D eigenvalue weighted by Gasteiger charge is 2.18. The van der Waals surface area contributed by atoms with Gasteiger partial charge in [-0.15, -0.1) is 0 Å². The van der Waals surface area contributed by atoms with Gasteiger partial charge in [-0.1, -0.05) is 29.5 Å². The fourth-order valence-electron chi connectivity index (χ4n) is 0.984. The SMILES string of the molecule is CCC(CCI)NC(=O)OC(C)(C)C. The molecule has 1 atom stereocenters. The molecule has 84 valence electrons. The smallest absolute Gasteiger partial charge is 0.407 e. The van der Waals surface area contributed by atoms with Gasteiger partial charge in [0, 0.05) is 10.5 Å². The number of alkyl carbamates (subject to hydrolysis) is 1. The fraction of sp³-hybridized carbons (Fsp3) is 0.900. The van der Waals surface area contributed by atoms with Gasteiger partial charge in [-0.3, -0.25) is 0 Å². The predicted molar refractivity (Wildman–Crippen MR) is 67.0 cm³/mol. The Kier molecular flexibility index (Phi) is 6.48. The average molecular weight is 313 g/mol. The molecule has 14 heavy (non-hydrogen) atoms. The van der Waals surface area contributed by atoms with Crippen LogP contribution in [0.1, 0.15) is 40.5 Å². The van der Waals surface area contributed by atoms with Crippen LogP contribution in [0.2, 0.25) is 0 Å². The van der Waals surface area contributed by atoms with Gasteiger partial charge in [-0.2, -0.15) is 0 Å². The van der Waals surface area contributed by atoms with E-state index in [1.807, 2.05) is 20.8 Å². The highest BCUT2D eigenvalue weighted by Crippen LogP contribution is 2.08. The third kappa shape index (κ3) is 7.41. The van der Waals surface area contributed by atoms with Crippen molar-refractivity contribution in [3.63, 3.8) is 0 Å². The summed E-state index contributed by atoms with van der Waals surface area (Å²) < 4.78 is 6.21. The normalized spacial score (nSPS) is 13.5. The molecule has 1 amide bonds. The number of hydrogen-bond acceptors (Lipinski definition) is 2. The topological polar surface area (TPSA) is 38.3 Å². The van der Waals surface area contributed by atoms with E-state index in [0.717, 1.165) is 17.3 Å². The molecular formula is C10H20INO2. The summed E-state index contributed by atoms with van der Waals surface area (Å²) in [4.78, 5) is 11.4. The number of amides is 1. The molecule has 0 rings (SSSR count). The summed E-state index contributed by atoms with van der Waals surface area (Å²) >= 11 is 2.31. The van der Waals surface area contributed by atoms with Crippen LogP contribution in [0.3, 0.4) is 0 Å². The van der Waals surface area contributed by atoms with Crippen LogP contribution in [-0.2, 0) is 4.74 Å². The number of hydrogen-bond donors (Lipinski definition) is 1. The molecule has 0 aliphatic carbocycles. The van der Waals surface area contributed by atoms with Gasteiger partial charge in [0.2, 0.25) is 0 Å². The van der Waals surface area contributed by atoms with Crippen molar-refractivity contribution in [2.24, 2.45) is 0 Å². The quantitative estimate of drug-likeness (QED) is 0.640. The second kappa shape index (κ2) is 6.48. The molecular weight excluding hydrogens is 293 g/mol. The Labute approximate surface area is 100 Å². The van der Waals surface area contributed by atoms with Crippen molar-refractivity contribution in [1.29, 1.82) is 0 Å². The van der Waals surface area contributed by atoms with Gasteiger partial charge < -0.3 is 10.1 Å². The standard InChI is InChI=1S/C10H20INO2/c1-5-8(6-7-11)12-9(13)14-10(2,3)4/h8H,5-7H2,1-4H3,(H,12,13). The second-order valence-electron chi connectivity index (χ2n) is 4.23. The molecule has 0 aromatic heterocycles. The summed E-state index contributed by atoms with van der Waals surface area (Å²) in [6.07, 6.45) is 1.63. The zero-order valence-electron chi connectivity index (χ0n) is 9.39. The first-order valence-corrected chi connectivity index (χ1v) is 6.47. The molecule has 0 fully saturated rings. The molecule has 0 aliphatic rings. The van der Waals surface area contributed by atoms with E-state index in [0.29, 0.717) is 0 Å². The lowest BCUT2D eigenvalue weighted by Gasteiger charge is -2.22. The van der Waals surface area contributed by atoms with E-state index in [1.165, 1.54) is 0 Å². The molecule has 0 radical (unpaired) electrons. The van der Waals surface area contributed by atoms with E-state index in [-0.39, 0.29) is 12.1 Å². The van der Waals surface area contributed by atoms with Crippen LogP contribution >= 0.6 is 22.6 Å². The molecule has 0 spiro atoms. The fourth-order valence-corrected chi connectivity index (χ4v) is 1.74. The number of carbonyl (C=O) groups is 1. The Bertz CT molecular complexity index is 177. The maximum atomic E-state index is 11.4. The summed E-state index contributed by atoms with van der Waals surface area (Å²) in [5, 5.41) is 2.86. The Morgan fingerprint density at radius 1 is 1.50 bits per heavy atom. The zero-order valence-corrected chi connectivity index (χ0v) is 11.6. The number of ether oxygens (including phenoxy) is 1. The Morgan fingerprint density at radius 3 is 2.43 bits per heavy atom. The van der Waals surface area contributed by atoms with E-state index in [4.69, 9.17) is 4.74 Å². The Balaban J connectivity index is 3.91. The van der Waals surface area contributed by atoms with Crippen LogP contribution in [0.4, 0.5) is 4.79 Å². The van der Waals surface area contributed by atoms with E-state index in [9.17, 15) is 4.79 Å². The predicted octanol–water partition coefficient (Wildman–Crippen LogP) is 3.11. The van der Waals surface area contributed by atoms with E-state index < -0.39 is 5.60 Å². The Hall–Kier alpha value is 0. The lowest BCUT2D eigenvalue weighted by atomic mass is 10.2. The van der Waals surface area contributed by atoms with Crippen molar-refractivity contribution in [2.75, 3.05) is 4.43 Å². The number of carbonyl (C=O) groups excluding carboxylic acids is 1. The van der Waals surface area contributed by atoms with Crippen molar-refractivity contribution < 1.29 is 9.53 Å². The summed E-state index contributed by atoms with van der Waals surface area (Å²) in [5.74, 6) is 0. The molecule has 4 heteroatoms. The molecule has 1 N–H and O–H groups in total. The Morgan fingerprint density at radius 2 is 2.07 bits per heavy atom. The second-order valence-corrected chi connectivity index (χ2v) is 5.31. The molecule has 0 saturated carbocycles. The first kappa shape index (κ1) is 14.0. The number of rotatable bonds is 4. The lowest BCUT2D eigenvalue weighted by Crippen LogP contribution is -2.39. The molecule has 1 unspecified atom stereocenters. The molecule has 0 heterocycles. The molecule has 3 nitrogen and oxygen atoms in total. The highest BCUT2D eigenvalue weighted by molar-refractivity contribution is 14.1. The van der Waals surface area contributed by atoms with Crippen molar-refractivity contribution in [1.82, 2.24) is 5.32 Å². The van der Waals surface area contributed by atoms with Crippen molar-refractivity contribution in [3.8, 4) is 0 Å². The van der Waals surface area contributed by atoms with Gasteiger partial charge in [-0.05, 0) is 33.6 Å². The average Bonchev–Trinajstić information content (AvgIpc) is 2.00. The van der Waals surface area contributed by atoms with Gasteiger partial charge in [0.05, 0.1) is 0 Å². The van der Waals surface area contributed by atoms with Crippen LogP contribution in [0, 0.1) is 0 Å². The first-order valence-electron chi connectivity index (χ1n) is 4.94. The molecule has 0 aromatic carbocycles. The van der Waals surface area contributed by atoms with Crippen LogP contribution in [0.25, 0.3) is 0 Å². The number of alkyl halides is 1. The van der Waals surface area contributed by atoms with Crippen molar-refractivity contribution in [2.45, 2.75) is 52.2 Å². The summed E-state index contributed by atoms with van der Waals surface area (Å²) in [7, 11) is 0. The highest BCUT2D eigenvalue weighted by atomic mass is 127. The molecule has 0 bridgehead atoms. The zero-order chi connectivity index (χ0) is 11.2. The summed E-state index contributed by atoms with van der Waals surface area (Å²) in [6, 6.07) is 0.238. The van der Waals surface area contributed by atoms with Gasteiger partial charge >= 0.3 is 6.09 Å². The maximum Gasteiger partial charge on any atom is 0.407 e. The summed E-state index contributed by atoms with van der Waals surface area (Å²) in [6.45, 7) is 7.66. The minimum atomic E-state index is -0.410. The minimum absolute atomic E-state index is 0.238. The summed E-state index contributed by atoms with van der Waals surface area (Å²) in [5.41, 5.74) is -0.410. The minimum Gasteiger partial charge on any atom is -0.444 e.